The predicted octanol–water partition coefficient (Wildman–Crippen LogP) is 3.39. The molecule has 170 valence electrons. The second-order valence-corrected chi connectivity index (χ2v) is 10.2. The first-order valence-electron chi connectivity index (χ1n) is 11.2. The summed E-state index contributed by atoms with van der Waals surface area (Å²) in [6.45, 7) is 0.691. The number of carbonyl (C=O) groups is 2. The summed E-state index contributed by atoms with van der Waals surface area (Å²) in [4.78, 5) is 26.5. The smallest absolute Gasteiger partial charge is 0.240 e. The number of piperidine rings is 1. The van der Waals surface area contributed by atoms with Crippen LogP contribution in [0.4, 0.5) is 11.4 Å². The van der Waals surface area contributed by atoms with Crippen LogP contribution in [0.3, 0.4) is 0 Å². The van der Waals surface area contributed by atoms with Crippen molar-refractivity contribution in [1.29, 1.82) is 0 Å². The lowest BCUT2D eigenvalue weighted by molar-refractivity contribution is -0.119. The number of fused-ring (bicyclic) bond motifs is 1. The number of nitrogens with zero attached hydrogens (tertiary/aromatic N) is 1. The molecule has 1 saturated heterocycles. The Morgan fingerprint density at radius 2 is 1.72 bits per heavy atom. The number of nitrogens with one attached hydrogen (secondary N) is 2. The lowest BCUT2D eigenvalue weighted by Gasteiger charge is -2.27. The molecule has 2 aromatic rings. The summed E-state index contributed by atoms with van der Waals surface area (Å²) < 4.78 is 27.8. The van der Waals surface area contributed by atoms with Crippen molar-refractivity contribution in [2.45, 2.75) is 56.3 Å². The minimum absolute atomic E-state index is 0.00948. The topological polar surface area (TPSA) is 95.6 Å². The van der Waals surface area contributed by atoms with Gasteiger partial charge in [0, 0.05) is 37.3 Å². The maximum Gasteiger partial charge on any atom is 0.240 e. The minimum atomic E-state index is -3.66. The molecule has 1 aliphatic heterocycles. The minimum Gasteiger partial charge on any atom is -0.326 e. The Labute approximate surface area is 189 Å². The van der Waals surface area contributed by atoms with Crippen LogP contribution in [-0.2, 0) is 32.5 Å². The molecule has 2 aliphatic rings. The average molecular weight is 456 g/mol. The maximum absolute atomic E-state index is 12.6. The van der Waals surface area contributed by atoms with E-state index in [1.807, 2.05) is 12.1 Å². The van der Waals surface area contributed by atoms with Crippen LogP contribution in [0.1, 0.15) is 49.7 Å². The van der Waals surface area contributed by atoms with E-state index in [4.69, 9.17) is 0 Å². The van der Waals surface area contributed by atoms with E-state index in [-0.39, 0.29) is 29.7 Å². The lowest BCUT2D eigenvalue weighted by Crippen LogP contribution is -2.35. The summed E-state index contributed by atoms with van der Waals surface area (Å²) in [6, 6.07) is 12.5. The second-order valence-electron chi connectivity index (χ2n) is 8.39. The van der Waals surface area contributed by atoms with Crippen molar-refractivity contribution in [2.24, 2.45) is 0 Å². The number of sulfonamides is 1. The molecule has 2 N–H and O–H groups in total. The largest absolute Gasteiger partial charge is 0.326 e. The van der Waals surface area contributed by atoms with Crippen molar-refractivity contribution in [2.75, 3.05) is 23.3 Å². The van der Waals surface area contributed by atoms with Gasteiger partial charge in [-0.1, -0.05) is 12.1 Å². The zero-order valence-electron chi connectivity index (χ0n) is 18.1. The number of aryl methyl sites for hydroxylation is 2. The number of carbonyl (C=O) groups excluding carboxylic acids is 2. The summed E-state index contributed by atoms with van der Waals surface area (Å²) in [5.74, 6) is -0.198. The molecule has 32 heavy (non-hydrogen) atoms. The van der Waals surface area contributed by atoms with Crippen LogP contribution in [0, 0.1) is 0 Å². The van der Waals surface area contributed by atoms with Gasteiger partial charge < -0.3 is 10.2 Å². The van der Waals surface area contributed by atoms with Crippen molar-refractivity contribution < 1.29 is 18.0 Å². The van der Waals surface area contributed by atoms with E-state index < -0.39 is 10.0 Å². The monoisotopic (exact) mass is 455 g/mol. The standard InChI is InChI=1S/C24H29N3O4S/c28-23(26-20-8-5-9-21(17-20)27-15-4-3-10-24(27)29)13-14-25-32(30,31)22-12-11-18-6-1-2-7-19(18)16-22/h5,8-9,11-12,16-17,25H,1-4,6-7,10,13-15H2,(H,26,28). The average Bonchev–Trinajstić information content (AvgIpc) is 2.79. The van der Waals surface area contributed by atoms with Gasteiger partial charge in [-0.15, -0.1) is 0 Å². The summed E-state index contributed by atoms with van der Waals surface area (Å²) in [6.07, 6.45) is 6.55. The van der Waals surface area contributed by atoms with E-state index in [1.165, 1.54) is 5.56 Å². The molecule has 0 radical (unpaired) electrons. The highest BCUT2D eigenvalue weighted by Crippen LogP contribution is 2.25. The van der Waals surface area contributed by atoms with Gasteiger partial charge in [0.15, 0.2) is 0 Å². The van der Waals surface area contributed by atoms with E-state index in [1.54, 1.807) is 35.2 Å². The normalized spacial score (nSPS) is 16.5. The first kappa shape index (κ1) is 22.5. The molecule has 4 rings (SSSR count). The summed E-state index contributed by atoms with van der Waals surface area (Å²) >= 11 is 0. The summed E-state index contributed by atoms with van der Waals surface area (Å²) in [5.41, 5.74) is 3.68. The molecule has 0 bridgehead atoms. The van der Waals surface area contributed by atoms with Gasteiger partial charge in [0.25, 0.3) is 0 Å². The van der Waals surface area contributed by atoms with Crippen LogP contribution in [0.2, 0.25) is 0 Å². The van der Waals surface area contributed by atoms with Gasteiger partial charge in [0.1, 0.15) is 0 Å². The fourth-order valence-electron chi connectivity index (χ4n) is 4.31. The van der Waals surface area contributed by atoms with E-state index in [2.05, 4.69) is 10.0 Å². The molecule has 2 aromatic carbocycles. The van der Waals surface area contributed by atoms with Crippen LogP contribution >= 0.6 is 0 Å². The molecule has 1 aliphatic carbocycles. The highest BCUT2D eigenvalue weighted by atomic mass is 32.2. The molecule has 0 unspecified atom stereocenters. The zero-order valence-corrected chi connectivity index (χ0v) is 18.9. The van der Waals surface area contributed by atoms with E-state index in [0.717, 1.165) is 49.8 Å². The first-order chi connectivity index (χ1) is 15.4. The predicted molar refractivity (Wildman–Crippen MR) is 124 cm³/mol. The number of anilines is 2. The molecular formula is C24H29N3O4S. The van der Waals surface area contributed by atoms with Crippen molar-refractivity contribution in [3.05, 3.63) is 53.6 Å². The van der Waals surface area contributed by atoms with Gasteiger partial charge in [0.05, 0.1) is 4.90 Å². The summed E-state index contributed by atoms with van der Waals surface area (Å²) in [7, 11) is -3.66. The van der Waals surface area contributed by atoms with Crippen LogP contribution in [0.15, 0.2) is 47.4 Å². The van der Waals surface area contributed by atoms with Gasteiger partial charge >= 0.3 is 0 Å². The molecule has 2 amide bonds. The fraction of sp³-hybridized carbons (Fsp3) is 0.417. The molecular weight excluding hydrogens is 426 g/mol. The maximum atomic E-state index is 12.6. The number of hydrogen-bond donors (Lipinski definition) is 2. The third-order valence-electron chi connectivity index (χ3n) is 6.04. The van der Waals surface area contributed by atoms with Gasteiger partial charge in [-0.3, -0.25) is 9.59 Å². The Bertz CT molecular complexity index is 1110. The first-order valence-corrected chi connectivity index (χ1v) is 12.7. The number of rotatable bonds is 7. The Hall–Kier alpha value is -2.71. The molecule has 1 heterocycles. The van der Waals surface area contributed by atoms with Gasteiger partial charge in [-0.05, 0) is 80.0 Å². The van der Waals surface area contributed by atoms with Gasteiger partial charge in [-0.2, -0.15) is 0 Å². The van der Waals surface area contributed by atoms with Gasteiger partial charge in [0.2, 0.25) is 21.8 Å². The third-order valence-corrected chi connectivity index (χ3v) is 7.50. The van der Waals surface area contributed by atoms with Crippen molar-refractivity contribution in [3.8, 4) is 0 Å². The summed E-state index contributed by atoms with van der Waals surface area (Å²) in [5, 5.41) is 2.79. The Morgan fingerprint density at radius 1 is 0.938 bits per heavy atom. The Balaban J connectivity index is 1.31. The van der Waals surface area contributed by atoms with Crippen LogP contribution < -0.4 is 14.9 Å². The van der Waals surface area contributed by atoms with E-state index in [0.29, 0.717) is 18.7 Å². The molecule has 7 nitrogen and oxygen atoms in total. The quantitative estimate of drug-likeness (QED) is 0.669. The molecule has 0 aromatic heterocycles. The molecule has 0 saturated carbocycles. The number of hydrogen-bond acceptors (Lipinski definition) is 4. The molecule has 0 atom stereocenters. The highest BCUT2D eigenvalue weighted by molar-refractivity contribution is 7.89. The lowest BCUT2D eigenvalue weighted by atomic mass is 9.92. The molecule has 8 heteroatoms. The van der Waals surface area contributed by atoms with Crippen LogP contribution in [0.5, 0.6) is 0 Å². The van der Waals surface area contributed by atoms with Crippen LogP contribution in [0.25, 0.3) is 0 Å². The van der Waals surface area contributed by atoms with Gasteiger partial charge in [-0.25, -0.2) is 13.1 Å². The SMILES string of the molecule is O=C(CCNS(=O)(=O)c1ccc2c(c1)CCCC2)Nc1cccc(N2CCCCC2=O)c1. The van der Waals surface area contributed by atoms with E-state index >= 15 is 0 Å². The van der Waals surface area contributed by atoms with Crippen LogP contribution in [-0.4, -0.2) is 33.3 Å². The Kier molecular flexibility index (Phi) is 6.91. The second kappa shape index (κ2) is 9.83. The van der Waals surface area contributed by atoms with Crippen molar-refractivity contribution in [3.63, 3.8) is 0 Å². The molecule has 1 fully saturated rings. The number of benzene rings is 2. The zero-order chi connectivity index (χ0) is 22.6. The molecule has 0 spiro atoms. The van der Waals surface area contributed by atoms with E-state index in [9.17, 15) is 18.0 Å². The number of amides is 2. The van der Waals surface area contributed by atoms with Crippen molar-refractivity contribution >= 4 is 33.2 Å². The fourth-order valence-corrected chi connectivity index (χ4v) is 5.40. The third kappa shape index (κ3) is 5.37. The highest BCUT2D eigenvalue weighted by Gasteiger charge is 2.20. The van der Waals surface area contributed by atoms with Crippen molar-refractivity contribution in [1.82, 2.24) is 4.72 Å². The Morgan fingerprint density at radius 3 is 2.53 bits per heavy atom.